The first-order valence-corrected chi connectivity index (χ1v) is 6.17. The smallest absolute Gasteiger partial charge is 0.142 e. The van der Waals surface area contributed by atoms with E-state index in [0.29, 0.717) is 0 Å². The first-order valence-electron chi connectivity index (χ1n) is 5.79. The normalized spacial score (nSPS) is 14.7. The van der Waals surface area contributed by atoms with E-state index in [4.69, 9.17) is 16.3 Å². The Kier molecular flexibility index (Phi) is 3.72. The molecule has 1 N–H and O–H groups in total. The van der Waals surface area contributed by atoms with Crippen LogP contribution in [0.5, 0.6) is 5.75 Å². The topological polar surface area (TPSA) is 21.3 Å². The Morgan fingerprint density at radius 1 is 1.38 bits per heavy atom. The zero-order valence-corrected chi connectivity index (χ0v) is 10.7. The SMILES string of the molecule is CNCc1cc2c(c(Cl)c1OC)CCCC2. The molecular formula is C13H18ClNO. The monoisotopic (exact) mass is 239 g/mol. The summed E-state index contributed by atoms with van der Waals surface area (Å²) in [4.78, 5) is 0. The number of benzene rings is 1. The molecule has 0 saturated carbocycles. The Morgan fingerprint density at radius 2 is 2.12 bits per heavy atom. The summed E-state index contributed by atoms with van der Waals surface area (Å²) in [5.74, 6) is 0.844. The molecule has 0 aliphatic heterocycles. The molecular weight excluding hydrogens is 222 g/mol. The highest BCUT2D eigenvalue weighted by molar-refractivity contribution is 6.33. The van der Waals surface area contributed by atoms with Gasteiger partial charge in [-0.05, 0) is 43.9 Å². The molecule has 2 rings (SSSR count). The molecule has 0 heterocycles. The third-order valence-electron chi connectivity index (χ3n) is 3.19. The second-order valence-electron chi connectivity index (χ2n) is 4.26. The molecule has 1 aromatic carbocycles. The van der Waals surface area contributed by atoms with Gasteiger partial charge in [0.2, 0.25) is 0 Å². The number of hydrogen-bond acceptors (Lipinski definition) is 2. The van der Waals surface area contributed by atoms with Crippen molar-refractivity contribution < 1.29 is 4.74 Å². The van der Waals surface area contributed by atoms with Crippen LogP contribution < -0.4 is 10.1 Å². The maximum atomic E-state index is 6.41. The van der Waals surface area contributed by atoms with Crippen LogP contribution in [0.2, 0.25) is 5.02 Å². The minimum Gasteiger partial charge on any atom is -0.495 e. The molecule has 0 saturated heterocycles. The van der Waals surface area contributed by atoms with Gasteiger partial charge in [0.1, 0.15) is 5.75 Å². The molecule has 0 amide bonds. The molecule has 0 radical (unpaired) electrons. The van der Waals surface area contributed by atoms with E-state index >= 15 is 0 Å². The average Bonchev–Trinajstić information content (AvgIpc) is 2.30. The van der Waals surface area contributed by atoms with Gasteiger partial charge in [-0.1, -0.05) is 17.7 Å². The van der Waals surface area contributed by atoms with Crippen LogP contribution in [-0.2, 0) is 19.4 Å². The van der Waals surface area contributed by atoms with Crippen molar-refractivity contribution in [3.05, 3.63) is 27.8 Å². The minimum atomic E-state index is 0.802. The second-order valence-corrected chi connectivity index (χ2v) is 4.64. The fraction of sp³-hybridized carbons (Fsp3) is 0.538. The average molecular weight is 240 g/mol. The minimum absolute atomic E-state index is 0.802. The van der Waals surface area contributed by atoms with Crippen molar-refractivity contribution in [3.8, 4) is 5.75 Å². The lowest BCUT2D eigenvalue weighted by Gasteiger charge is -2.21. The number of nitrogens with one attached hydrogen (secondary N) is 1. The molecule has 1 aliphatic rings. The van der Waals surface area contributed by atoms with Crippen molar-refractivity contribution in [3.63, 3.8) is 0 Å². The van der Waals surface area contributed by atoms with Crippen LogP contribution in [0.15, 0.2) is 6.07 Å². The molecule has 0 spiro atoms. The van der Waals surface area contributed by atoms with Crippen molar-refractivity contribution in [1.82, 2.24) is 5.32 Å². The molecule has 16 heavy (non-hydrogen) atoms. The molecule has 2 nitrogen and oxygen atoms in total. The molecule has 0 fully saturated rings. The predicted octanol–water partition coefficient (Wildman–Crippen LogP) is 2.95. The third-order valence-corrected chi connectivity index (χ3v) is 3.59. The number of aryl methyl sites for hydroxylation is 1. The Hall–Kier alpha value is -0.730. The maximum absolute atomic E-state index is 6.41. The van der Waals surface area contributed by atoms with Crippen LogP contribution in [0.4, 0.5) is 0 Å². The van der Waals surface area contributed by atoms with E-state index in [1.54, 1.807) is 7.11 Å². The molecule has 3 heteroatoms. The van der Waals surface area contributed by atoms with Crippen LogP contribution in [-0.4, -0.2) is 14.2 Å². The summed E-state index contributed by atoms with van der Waals surface area (Å²) in [5.41, 5.74) is 3.86. The summed E-state index contributed by atoms with van der Waals surface area (Å²) in [6, 6.07) is 2.25. The van der Waals surface area contributed by atoms with Gasteiger partial charge in [0, 0.05) is 12.1 Å². The van der Waals surface area contributed by atoms with E-state index < -0.39 is 0 Å². The van der Waals surface area contributed by atoms with E-state index in [1.807, 2.05) is 7.05 Å². The van der Waals surface area contributed by atoms with Gasteiger partial charge in [-0.25, -0.2) is 0 Å². The number of halogens is 1. The summed E-state index contributed by atoms with van der Waals surface area (Å²) >= 11 is 6.41. The summed E-state index contributed by atoms with van der Waals surface area (Å²) in [7, 11) is 3.63. The van der Waals surface area contributed by atoms with E-state index in [1.165, 1.54) is 24.0 Å². The van der Waals surface area contributed by atoms with Gasteiger partial charge in [0.15, 0.2) is 0 Å². The van der Waals surface area contributed by atoms with Crippen molar-refractivity contribution >= 4 is 11.6 Å². The van der Waals surface area contributed by atoms with Gasteiger partial charge in [0.25, 0.3) is 0 Å². The van der Waals surface area contributed by atoms with Gasteiger partial charge in [-0.2, -0.15) is 0 Å². The molecule has 0 atom stereocenters. The Bertz CT molecular complexity index is 390. The van der Waals surface area contributed by atoms with Crippen LogP contribution >= 0.6 is 11.6 Å². The number of rotatable bonds is 3. The van der Waals surface area contributed by atoms with Crippen molar-refractivity contribution in [1.29, 1.82) is 0 Å². The van der Waals surface area contributed by atoms with Gasteiger partial charge in [-0.3, -0.25) is 0 Å². The summed E-state index contributed by atoms with van der Waals surface area (Å²) in [5, 5.41) is 3.98. The standard InChI is InChI=1S/C13H18ClNO/c1-15-8-10-7-9-5-3-4-6-11(9)12(14)13(10)16-2/h7,15H,3-6,8H2,1-2H3. The Morgan fingerprint density at radius 3 is 2.81 bits per heavy atom. The largest absolute Gasteiger partial charge is 0.495 e. The van der Waals surface area contributed by atoms with E-state index in [9.17, 15) is 0 Å². The van der Waals surface area contributed by atoms with E-state index in [2.05, 4.69) is 11.4 Å². The summed E-state index contributed by atoms with van der Waals surface area (Å²) in [6.07, 6.45) is 4.75. The van der Waals surface area contributed by atoms with Crippen molar-refractivity contribution in [2.45, 2.75) is 32.2 Å². The molecule has 0 bridgehead atoms. The lowest BCUT2D eigenvalue weighted by molar-refractivity contribution is 0.407. The van der Waals surface area contributed by atoms with E-state index in [-0.39, 0.29) is 0 Å². The highest BCUT2D eigenvalue weighted by Crippen LogP contribution is 2.37. The van der Waals surface area contributed by atoms with Crippen LogP contribution in [0, 0.1) is 0 Å². The molecule has 1 aromatic rings. The fourth-order valence-corrected chi connectivity index (χ4v) is 2.85. The van der Waals surface area contributed by atoms with Gasteiger partial charge >= 0.3 is 0 Å². The van der Waals surface area contributed by atoms with Crippen LogP contribution in [0.3, 0.4) is 0 Å². The lowest BCUT2D eigenvalue weighted by atomic mass is 9.89. The van der Waals surface area contributed by atoms with Crippen LogP contribution in [0.1, 0.15) is 29.5 Å². The molecule has 1 aliphatic carbocycles. The zero-order chi connectivity index (χ0) is 11.5. The number of methoxy groups -OCH3 is 1. The highest BCUT2D eigenvalue weighted by Gasteiger charge is 2.19. The number of ether oxygens (including phenoxy) is 1. The van der Waals surface area contributed by atoms with Crippen LogP contribution in [0.25, 0.3) is 0 Å². The third kappa shape index (κ3) is 2.04. The van der Waals surface area contributed by atoms with Gasteiger partial charge in [0.05, 0.1) is 12.1 Å². The Labute approximate surface area is 102 Å². The first-order chi connectivity index (χ1) is 7.77. The fourth-order valence-electron chi connectivity index (χ4n) is 2.43. The quantitative estimate of drug-likeness (QED) is 0.876. The maximum Gasteiger partial charge on any atom is 0.142 e. The molecule has 88 valence electrons. The predicted molar refractivity (Wildman–Crippen MR) is 67.4 cm³/mol. The second kappa shape index (κ2) is 5.07. The number of fused-ring (bicyclic) bond motifs is 1. The molecule has 0 aromatic heterocycles. The summed E-state index contributed by atoms with van der Waals surface area (Å²) in [6.45, 7) is 0.802. The van der Waals surface area contributed by atoms with Crippen molar-refractivity contribution in [2.24, 2.45) is 0 Å². The van der Waals surface area contributed by atoms with Gasteiger partial charge < -0.3 is 10.1 Å². The number of hydrogen-bond donors (Lipinski definition) is 1. The highest BCUT2D eigenvalue weighted by atomic mass is 35.5. The molecule has 0 unspecified atom stereocenters. The first kappa shape index (κ1) is 11.7. The Balaban J connectivity index is 2.50. The van der Waals surface area contributed by atoms with E-state index in [0.717, 1.165) is 35.7 Å². The van der Waals surface area contributed by atoms with Gasteiger partial charge in [-0.15, -0.1) is 0 Å². The summed E-state index contributed by atoms with van der Waals surface area (Å²) < 4.78 is 5.42. The van der Waals surface area contributed by atoms with Crippen molar-refractivity contribution in [2.75, 3.05) is 14.2 Å². The lowest BCUT2D eigenvalue weighted by Crippen LogP contribution is -2.11. The zero-order valence-electron chi connectivity index (χ0n) is 9.90.